The molecule has 0 spiro atoms. The van der Waals surface area contributed by atoms with Crippen LogP contribution in [-0.4, -0.2) is 6.71 Å². The van der Waals surface area contributed by atoms with Crippen LogP contribution in [-0.2, 0) is 21.7 Å². The van der Waals surface area contributed by atoms with Crippen molar-refractivity contribution < 1.29 is 13.0 Å². The standard InChI is InChI=1S/C38H46BNOS2/c1-21-17-25-30-27(18-21)41-31-29-32(38(11,12)16-15-37(29,9)10)43-34(31)39(30)33-26(20-28(42-33)36(6,7)8)40(25)24-14-13-23(19-22(24)2)35(3,4)5/h13-14,17-20H,15-16H2,1-12H3/i13D,14D,17D,18D,19D,20D. The molecule has 0 atom stereocenters. The predicted octanol–water partition coefficient (Wildman–Crippen LogP) is 9.78. The Morgan fingerprint density at radius 2 is 1.51 bits per heavy atom. The molecule has 0 radical (unpaired) electrons. The lowest BCUT2D eigenvalue weighted by molar-refractivity contribution is 0.328. The Hall–Kier alpha value is -2.50. The molecule has 4 aromatic rings. The van der Waals surface area contributed by atoms with Gasteiger partial charge < -0.3 is 9.64 Å². The number of ether oxygens (including phenoxy) is 1. The summed E-state index contributed by atoms with van der Waals surface area (Å²) >= 11 is 3.39. The van der Waals surface area contributed by atoms with Crippen LogP contribution in [0.3, 0.4) is 0 Å². The van der Waals surface area contributed by atoms with Gasteiger partial charge in [0, 0.05) is 36.2 Å². The van der Waals surface area contributed by atoms with Crippen LogP contribution >= 0.6 is 22.7 Å². The van der Waals surface area contributed by atoms with Crippen molar-refractivity contribution in [2.24, 2.45) is 0 Å². The Balaban J connectivity index is 1.67. The number of fused-ring (bicyclic) bond motifs is 6. The lowest BCUT2D eigenvalue weighted by atomic mass is 9.39. The third-order valence-electron chi connectivity index (χ3n) is 9.43. The number of benzene rings is 2. The molecule has 2 aromatic carbocycles. The van der Waals surface area contributed by atoms with E-state index in [0.717, 1.165) is 33.0 Å². The zero-order valence-corrected chi connectivity index (χ0v) is 29.3. The van der Waals surface area contributed by atoms with Gasteiger partial charge in [0.15, 0.2) is 0 Å². The Morgan fingerprint density at radius 1 is 0.814 bits per heavy atom. The monoisotopic (exact) mass is 613 g/mol. The third-order valence-corrected chi connectivity index (χ3v) is 12.6. The topological polar surface area (TPSA) is 12.5 Å². The highest BCUT2D eigenvalue weighted by Gasteiger charge is 2.50. The van der Waals surface area contributed by atoms with E-state index in [2.05, 4.69) is 48.5 Å². The Labute approximate surface area is 276 Å². The van der Waals surface area contributed by atoms with Gasteiger partial charge in [0.2, 0.25) is 0 Å². The molecule has 0 amide bonds. The van der Waals surface area contributed by atoms with Crippen molar-refractivity contribution in [3.05, 3.63) is 68.3 Å². The second-order valence-electron chi connectivity index (χ2n) is 16.1. The fraction of sp³-hybridized carbons (Fsp3) is 0.474. The Kier molecular flexibility index (Phi) is 4.82. The summed E-state index contributed by atoms with van der Waals surface area (Å²) in [5.41, 5.74) is 3.81. The highest BCUT2D eigenvalue weighted by atomic mass is 32.1. The van der Waals surface area contributed by atoms with Crippen molar-refractivity contribution in [2.45, 2.75) is 118 Å². The van der Waals surface area contributed by atoms with Crippen LogP contribution in [0.15, 0.2) is 36.3 Å². The first-order valence-corrected chi connectivity index (χ1v) is 17.1. The van der Waals surface area contributed by atoms with Gasteiger partial charge in [-0.3, -0.25) is 0 Å². The molecule has 2 nitrogen and oxygen atoms in total. The van der Waals surface area contributed by atoms with Gasteiger partial charge in [-0.25, -0.2) is 0 Å². The highest BCUT2D eigenvalue weighted by Crippen LogP contribution is 2.55. The lowest BCUT2D eigenvalue weighted by Crippen LogP contribution is -2.57. The predicted molar refractivity (Wildman–Crippen MR) is 190 cm³/mol. The van der Waals surface area contributed by atoms with Gasteiger partial charge in [-0.05, 0) is 94.7 Å². The van der Waals surface area contributed by atoms with E-state index in [0.29, 0.717) is 51.0 Å². The number of nitrogens with zero attached hydrogens (tertiary/aromatic N) is 1. The van der Waals surface area contributed by atoms with E-state index in [1.54, 1.807) is 29.6 Å². The van der Waals surface area contributed by atoms with E-state index in [1.165, 1.54) is 10.4 Å². The van der Waals surface area contributed by atoms with Crippen molar-refractivity contribution in [3.63, 3.8) is 0 Å². The molecule has 7 rings (SSSR count). The van der Waals surface area contributed by atoms with Crippen LogP contribution in [0.2, 0.25) is 0 Å². The molecule has 1 aliphatic carbocycles. The molecule has 0 saturated carbocycles. The van der Waals surface area contributed by atoms with E-state index >= 15 is 0 Å². The average Bonchev–Trinajstić information content (AvgIpc) is 3.55. The molecule has 43 heavy (non-hydrogen) atoms. The first-order chi connectivity index (χ1) is 22.4. The van der Waals surface area contributed by atoms with Gasteiger partial charge in [-0.1, -0.05) is 81.3 Å². The summed E-state index contributed by atoms with van der Waals surface area (Å²) in [6.45, 7) is 24.6. The number of hydrogen-bond donors (Lipinski definition) is 0. The molecule has 224 valence electrons. The second-order valence-corrected chi connectivity index (χ2v) is 18.2. The third kappa shape index (κ3) is 4.31. The summed E-state index contributed by atoms with van der Waals surface area (Å²) in [5, 5.41) is 0. The van der Waals surface area contributed by atoms with Crippen molar-refractivity contribution in [1.29, 1.82) is 0 Å². The minimum Gasteiger partial charge on any atom is -0.457 e. The van der Waals surface area contributed by atoms with Gasteiger partial charge >= 0.3 is 0 Å². The molecule has 0 bridgehead atoms. The summed E-state index contributed by atoms with van der Waals surface area (Å²) in [4.78, 5) is 4.04. The van der Waals surface area contributed by atoms with Crippen molar-refractivity contribution in [2.75, 3.05) is 4.90 Å². The van der Waals surface area contributed by atoms with Crippen LogP contribution in [0.5, 0.6) is 11.5 Å². The molecule has 4 heterocycles. The molecule has 2 aliphatic heterocycles. The van der Waals surface area contributed by atoms with Crippen molar-refractivity contribution in [1.82, 2.24) is 0 Å². The quantitative estimate of drug-likeness (QED) is 0.171. The fourth-order valence-corrected chi connectivity index (χ4v) is 9.79. The number of hydrogen-bond acceptors (Lipinski definition) is 4. The Bertz CT molecular complexity index is 2100. The van der Waals surface area contributed by atoms with Crippen LogP contribution < -0.4 is 24.7 Å². The maximum atomic E-state index is 9.80. The lowest BCUT2D eigenvalue weighted by Gasteiger charge is -2.41. The minimum atomic E-state index is -0.527. The van der Waals surface area contributed by atoms with Crippen molar-refractivity contribution in [3.8, 4) is 11.5 Å². The van der Waals surface area contributed by atoms with Crippen LogP contribution in [0.1, 0.15) is 122 Å². The molecular formula is C38H46BNOS2. The average molecular weight is 614 g/mol. The molecule has 0 N–H and O–H groups in total. The molecule has 0 unspecified atom stereocenters. The van der Waals surface area contributed by atoms with Crippen LogP contribution in [0.25, 0.3) is 0 Å². The molecule has 0 saturated heterocycles. The van der Waals surface area contributed by atoms with Gasteiger partial charge in [-0.15, -0.1) is 11.3 Å². The summed E-state index contributed by atoms with van der Waals surface area (Å²) in [6.07, 6.45) is 2.07. The van der Waals surface area contributed by atoms with Gasteiger partial charge in [0.1, 0.15) is 11.5 Å². The zero-order chi connectivity index (χ0) is 36.2. The SMILES string of the molecule is [2H]c1c(C)c([2H])c2c3c1Oc1c(sc4c1C(C)(C)CCC4(C)C)B3c1sc(C(C)(C)C)c([2H])c1N2c1c([2H])c([2H])c(C(C)(C)C)c([2H])c1C. The molecule has 0 fully saturated rings. The van der Waals surface area contributed by atoms with Crippen LogP contribution in [0.4, 0.5) is 17.1 Å². The minimum absolute atomic E-state index is 0.0114. The van der Waals surface area contributed by atoms with E-state index in [9.17, 15) is 8.22 Å². The zero-order valence-electron chi connectivity index (χ0n) is 33.7. The number of rotatable bonds is 1. The molecule has 2 aromatic heterocycles. The maximum Gasteiger partial charge on any atom is 0.281 e. The smallest absolute Gasteiger partial charge is 0.281 e. The van der Waals surface area contributed by atoms with Gasteiger partial charge in [-0.2, -0.15) is 11.3 Å². The normalized spacial score (nSPS) is 20.0. The largest absolute Gasteiger partial charge is 0.457 e. The summed E-state index contributed by atoms with van der Waals surface area (Å²) < 4.78 is 65.8. The molecule has 3 aliphatic rings. The highest BCUT2D eigenvalue weighted by molar-refractivity contribution is 7.36. The van der Waals surface area contributed by atoms with Crippen molar-refractivity contribution >= 4 is 61.5 Å². The molecular weight excluding hydrogens is 561 g/mol. The van der Waals surface area contributed by atoms with E-state index in [1.807, 2.05) is 32.6 Å². The fourth-order valence-electron chi connectivity index (χ4n) is 6.79. The first kappa shape index (κ1) is 22.9. The van der Waals surface area contributed by atoms with Crippen LogP contribution in [0, 0.1) is 13.8 Å². The maximum absolute atomic E-state index is 9.80. The number of thiophene rings is 2. The molecule has 5 heteroatoms. The second kappa shape index (κ2) is 9.04. The first-order valence-electron chi connectivity index (χ1n) is 18.5. The van der Waals surface area contributed by atoms with E-state index in [-0.39, 0.29) is 53.2 Å². The summed E-state index contributed by atoms with van der Waals surface area (Å²) in [7, 11) is 0. The number of anilines is 3. The van der Waals surface area contributed by atoms with E-state index < -0.39 is 5.41 Å². The summed E-state index contributed by atoms with van der Waals surface area (Å²) in [5.74, 6) is 1.26. The van der Waals surface area contributed by atoms with Gasteiger partial charge in [0.05, 0.1) is 13.9 Å². The summed E-state index contributed by atoms with van der Waals surface area (Å²) in [6, 6.07) is 0.837. The Morgan fingerprint density at radius 3 is 2.19 bits per heavy atom. The van der Waals surface area contributed by atoms with E-state index in [4.69, 9.17) is 4.74 Å². The van der Waals surface area contributed by atoms with Gasteiger partial charge in [0.25, 0.3) is 6.71 Å².